The van der Waals surface area contributed by atoms with Crippen LogP contribution in [-0.2, 0) is 10.8 Å². The maximum Gasteiger partial charge on any atom is 0.150 e. The third kappa shape index (κ3) is 2.15. The highest BCUT2D eigenvalue weighted by atomic mass is 35.5. The van der Waals surface area contributed by atoms with E-state index < -0.39 is 10.8 Å². The Kier molecular flexibility index (Phi) is 3.09. The van der Waals surface area contributed by atoms with Gasteiger partial charge in [0.25, 0.3) is 0 Å². The van der Waals surface area contributed by atoms with E-state index in [0.29, 0.717) is 20.4 Å². The molecular formula is C15H9ClO2S. The number of hydrogen-bond acceptors (Lipinski definition) is 2. The summed E-state index contributed by atoms with van der Waals surface area (Å²) in [4.78, 5) is 12.2. The lowest BCUT2D eigenvalue weighted by atomic mass is 10.1. The highest BCUT2D eigenvalue weighted by Crippen LogP contribution is 2.31. The van der Waals surface area contributed by atoms with Crippen molar-refractivity contribution in [3.8, 4) is 0 Å². The number of halogens is 1. The predicted octanol–water partition coefficient (Wildman–Crippen LogP) is 3.80. The molecule has 0 spiro atoms. The molecule has 0 amide bonds. The van der Waals surface area contributed by atoms with Crippen molar-refractivity contribution in [2.75, 3.05) is 0 Å². The van der Waals surface area contributed by atoms with Crippen LogP contribution in [0.2, 0.25) is 5.02 Å². The quantitative estimate of drug-likeness (QED) is 0.638. The molecule has 0 bridgehead atoms. The predicted molar refractivity (Wildman–Crippen MR) is 76.9 cm³/mol. The minimum atomic E-state index is -1.31. The van der Waals surface area contributed by atoms with E-state index in [2.05, 4.69) is 0 Å². The van der Waals surface area contributed by atoms with E-state index in [1.54, 1.807) is 36.4 Å². The van der Waals surface area contributed by atoms with Crippen LogP contribution in [0.25, 0.3) is 12.2 Å². The normalized spacial score (nSPS) is 16.4. The number of carbonyl (C=O) groups excluding carboxylic acids is 1. The van der Waals surface area contributed by atoms with Crippen LogP contribution >= 0.6 is 11.6 Å². The zero-order chi connectivity index (χ0) is 13.4. The Labute approximate surface area is 118 Å². The summed E-state index contributed by atoms with van der Waals surface area (Å²) >= 11 is 5.96. The number of carbonyl (C=O) groups is 1. The summed E-state index contributed by atoms with van der Waals surface area (Å²) < 4.78 is 12.6. The number of rotatable bonds is 1. The van der Waals surface area contributed by atoms with Crippen LogP contribution in [0.5, 0.6) is 0 Å². The van der Waals surface area contributed by atoms with Gasteiger partial charge in [-0.15, -0.1) is 0 Å². The van der Waals surface area contributed by atoms with Gasteiger partial charge in [0.1, 0.15) is 6.29 Å². The summed E-state index contributed by atoms with van der Waals surface area (Å²) in [6.07, 6.45) is 4.55. The van der Waals surface area contributed by atoms with E-state index in [1.165, 1.54) is 0 Å². The summed E-state index contributed by atoms with van der Waals surface area (Å²) in [7, 11) is -1.31. The molecule has 1 aliphatic rings. The molecule has 1 atom stereocenters. The Bertz CT molecular complexity index is 735. The van der Waals surface area contributed by atoms with Crippen LogP contribution in [0, 0.1) is 0 Å². The molecule has 0 fully saturated rings. The lowest BCUT2D eigenvalue weighted by Gasteiger charge is -2.07. The molecule has 3 rings (SSSR count). The molecule has 2 nitrogen and oxygen atoms in total. The molecular weight excluding hydrogens is 280 g/mol. The zero-order valence-corrected chi connectivity index (χ0v) is 11.4. The van der Waals surface area contributed by atoms with Gasteiger partial charge in [-0.3, -0.25) is 4.79 Å². The van der Waals surface area contributed by atoms with E-state index >= 15 is 0 Å². The van der Waals surface area contributed by atoms with E-state index in [1.807, 2.05) is 12.2 Å². The lowest BCUT2D eigenvalue weighted by molar-refractivity contribution is 0.112. The van der Waals surface area contributed by atoms with Gasteiger partial charge in [-0.25, -0.2) is 4.21 Å². The Balaban J connectivity index is 2.25. The van der Waals surface area contributed by atoms with Gasteiger partial charge >= 0.3 is 0 Å². The van der Waals surface area contributed by atoms with Crippen molar-refractivity contribution < 1.29 is 9.00 Å². The van der Waals surface area contributed by atoms with Crippen molar-refractivity contribution >= 4 is 40.8 Å². The fourth-order valence-corrected chi connectivity index (χ4v) is 3.58. The van der Waals surface area contributed by atoms with Crippen LogP contribution < -0.4 is 0 Å². The molecule has 2 aromatic rings. The summed E-state index contributed by atoms with van der Waals surface area (Å²) in [5.41, 5.74) is 2.23. The van der Waals surface area contributed by atoms with Crippen LogP contribution in [-0.4, -0.2) is 10.5 Å². The van der Waals surface area contributed by atoms with Gasteiger partial charge in [0.2, 0.25) is 0 Å². The van der Waals surface area contributed by atoms with Gasteiger partial charge in [-0.1, -0.05) is 35.9 Å². The second kappa shape index (κ2) is 4.76. The molecule has 1 unspecified atom stereocenters. The largest absolute Gasteiger partial charge is 0.298 e. The molecule has 4 heteroatoms. The van der Waals surface area contributed by atoms with Crippen LogP contribution in [0.15, 0.2) is 46.2 Å². The first-order valence-electron chi connectivity index (χ1n) is 5.68. The van der Waals surface area contributed by atoms with Gasteiger partial charge in [0.15, 0.2) is 0 Å². The van der Waals surface area contributed by atoms with E-state index in [9.17, 15) is 9.00 Å². The van der Waals surface area contributed by atoms with Crippen molar-refractivity contribution in [1.82, 2.24) is 0 Å². The van der Waals surface area contributed by atoms with Crippen molar-refractivity contribution in [3.05, 3.63) is 58.1 Å². The first kappa shape index (κ1) is 12.3. The molecule has 2 aromatic carbocycles. The highest BCUT2D eigenvalue weighted by molar-refractivity contribution is 7.85. The Morgan fingerprint density at radius 2 is 1.74 bits per heavy atom. The third-order valence-electron chi connectivity index (χ3n) is 2.99. The van der Waals surface area contributed by atoms with Crippen LogP contribution in [0.1, 0.15) is 21.5 Å². The minimum Gasteiger partial charge on any atom is -0.298 e. The molecule has 19 heavy (non-hydrogen) atoms. The average Bonchev–Trinajstić information content (AvgIpc) is 2.56. The molecule has 94 valence electrons. The van der Waals surface area contributed by atoms with Gasteiger partial charge in [0, 0.05) is 10.6 Å². The minimum absolute atomic E-state index is 0.526. The molecule has 1 aliphatic heterocycles. The fraction of sp³-hybridized carbons (Fsp3) is 0. The maximum atomic E-state index is 12.6. The van der Waals surface area contributed by atoms with Crippen molar-refractivity contribution in [2.24, 2.45) is 0 Å². The topological polar surface area (TPSA) is 34.1 Å². The van der Waals surface area contributed by atoms with Gasteiger partial charge in [-0.05, 0) is 35.4 Å². The average molecular weight is 289 g/mol. The molecule has 0 N–H and O–H groups in total. The zero-order valence-electron chi connectivity index (χ0n) is 9.80. The number of benzene rings is 2. The van der Waals surface area contributed by atoms with Gasteiger partial charge in [0.05, 0.1) is 20.6 Å². The standard InChI is InChI=1S/C15H9ClO2S/c16-13-5-6-14-12(8-13)4-3-11-2-1-10(9-17)7-15(11)19(14)18/h1-9H. The van der Waals surface area contributed by atoms with Crippen molar-refractivity contribution in [3.63, 3.8) is 0 Å². The molecule has 0 saturated heterocycles. The van der Waals surface area contributed by atoms with Gasteiger partial charge < -0.3 is 0 Å². The Morgan fingerprint density at radius 3 is 2.53 bits per heavy atom. The SMILES string of the molecule is O=Cc1ccc2c(c1)S(=O)c1ccc(Cl)cc1C=C2. The Morgan fingerprint density at radius 1 is 0.947 bits per heavy atom. The lowest BCUT2D eigenvalue weighted by Crippen LogP contribution is -1.97. The number of hydrogen-bond donors (Lipinski definition) is 0. The maximum absolute atomic E-state index is 12.6. The van der Waals surface area contributed by atoms with Crippen molar-refractivity contribution in [2.45, 2.75) is 9.79 Å². The molecule has 1 heterocycles. The monoisotopic (exact) mass is 288 g/mol. The van der Waals surface area contributed by atoms with Crippen molar-refractivity contribution in [1.29, 1.82) is 0 Å². The van der Waals surface area contributed by atoms with E-state index in [-0.39, 0.29) is 0 Å². The molecule has 0 saturated carbocycles. The van der Waals surface area contributed by atoms with E-state index in [4.69, 9.17) is 11.6 Å². The summed E-state index contributed by atoms with van der Waals surface area (Å²) in [5.74, 6) is 0. The fourth-order valence-electron chi connectivity index (χ4n) is 2.04. The first-order chi connectivity index (χ1) is 9.19. The van der Waals surface area contributed by atoms with Crippen LogP contribution in [0.3, 0.4) is 0 Å². The number of aldehydes is 1. The third-order valence-corrected chi connectivity index (χ3v) is 4.75. The number of fused-ring (bicyclic) bond motifs is 2. The van der Waals surface area contributed by atoms with E-state index in [0.717, 1.165) is 17.4 Å². The van der Waals surface area contributed by atoms with Gasteiger partial charge in [-0.2, -0.15) is 0 Å². The second-order valence-corrected chi connectivity index (χ2v) is 6.05. The molecule has 0 aromatic heterocycles. The summed E-state index contributed by atoms with van der Waals surface area (Å²) in [5, 5.41) is 0.611. The summed E-state index contributed by atoms with van der Waals surface area (Å²) in [6, 6.07) is 10.5. The Hall–Kier alpha value is -1.71. The van der Waals surface area contributed by atoms with Crippen LogP contribution in [0.4, 0.5) is 0 Å². The smallest absolute Gasteiger partial charge is 0.150 e. The second-order valence-electron chi connectivity index (χ2n) is 4.20. The first-order valence-corrected chi connectivity index (χ1v) is 7.20. The molecule has 0 aliphatic carbocycles. The molecule has 0 radical (unpaired) electrons. The summed E-state index contributed by atoms with van der Waals surface area (Å²) in [6.45, 7) is 0. The highest BCUT2D eigenvalue weighted by Gasteiger charge is 2.17.